The number of carbonyl (C=O) groups is 1. The zero-order valence-electron chi connectivity index (χ0n) is 6.57. The Morgan fingerprint density at radius 1 is 1.31 bits per heavy atom. The number of pyridine rings is 2. The second-order valence-electron chi connectivity index (χ2n) is 2.55. The van der Waals surface area contributed by atoms with Crippen molar-refractivity contribution in [2.75, 3.05) is 0 Å². The van der Waals surface area contributed by atoms with Gasteiger partial charge in [0.15, 0.2) is 6.29 Å². The SMILES string of the molecule is O=Cc1ccc2cncc(Cl)c2n1. The van der Waals surface area contributed by atoms with Gasteiger partial charge in [0, 0.05) is 17.8 Å². The molecule has 0 fully saturated rings. The number of hydrogen-bond acceptors (Lipinski definition) is 3. The van der Waals surface area contributed by atoms with Crippen molar-refractivity contribution in [1.29, 1.82) is 0 Å². The molecule has 2 heterocycles. The largest absolute Gasteiger partial charge is 0.296 e. The van der Waals surface area contributed by atoms with Gasteiger partial charge in [-0.05, 0) is 12.1 Å². The van der Waals surface area contributed by atoms with Crippen LogP contribution in [-0.4, -0.2) is 16.3 Å². The van der Waals surface area contributed by atoms with Gasteiger partial charge in [-0.25, -0.2) is 4.98 Å². The molecule has 0 radical (unpaired) electrons. The van der Waals surface area contributed by atoms with E-state index in [1.807, 2.05) is 0 Å². The lowest BCUT2D eigenvalue weighted by molar-refractivity contribution is 0.111. The number of hydrogen-bond donors (Lipinski definition) is 0. The maximum atomic E-state index is 10.4. The number of carbonyl (C=O) groups excluding carboxylic acids is 1. The van der Waals surface area contributed by atoms with Crippen molar-refractivity contribution >= 4 is 28.8 Å². The molecule has 2 aromatic rings. The summed E-state index contributed by atoms with van der Waals surface area (Å²) in [5.41, 5.74) is 0.988. The van der Waals surface area contributed by atoms with Crippen molar-refractivity contribution in [3.8, 4) is 0 Å². The highest BCUT2D eigenvalue weighted by atomic mass is 35.5. The molecule has 64 valence electrons. The predicted octanol–water partition coefficient (Wildman–Crippen LogP) is 2.10. The van der Waals surface area contributed by atoms with Gasteiger partial charge >= 0.3 is 0 Å². The smallest absolute Gasteiger partial charge is 0.168 e. The number of halogens is 1. The minimum atomic E-state index is 0.376. The Morgan fingerprint density at radius 2 is 2.15 bits per heavy atom. The Balaban J connectivity index is 2.81. The molecule has 0 aliphatic carbocycles. The average molecular weight is 193 g/mol. The predicted molar refractivity (Wildman–Crippen MR) is 49.9 cm³/mol. The van der Waals surface area contributed by atoms with E-state index in [9.17, 15) is 4.79 Å². The zero-order valence-corrected chi connectivity index (χ0v) is 7.32. The highest BCUT2D eigenvalue weighted by Crippen LogP contribution is 2.19. The van der Waals surface area contributed by atoms with E-state index in [4.69, 9.17) is 11.6 Å². The molecule has 0 aliphatic rings. The third-order valence-corrected chi connectivity index (χ3v) is 1.97. The lowest BCUT2D eigenvalue weighted by atomic mass is 10.2. The highest BCUT2D eigenvalue weighted by Gasteiger charge is 2.01. The maximum absolute atomic E-state index is 10.4. The molecule has 0 amide bonds. The molecule has 0 N–H and O–H groups in total. The van der Waals surface area contributed by atoms with Crippen LogP contribution >= 0.6 is 11.6 Å². The van der Waals surface area contributed by atoms with Crippen LogP contribution in [0.15, 0.2) is 24.5 Å². The van der Waals surface area contributed by atoms with E-state index in [2.05, 4.69) is 9.97 Å². The van der Waals surface area contributed by atoms with Crippen molar-refractivity contribution in [1.82, 2.24) is 9.97 Å². The summed E-state index contributed by atoms with van der Waals surface area (Å²) < 4.78 is 0. The summed E-state index contributed by atoms with van der Waals surface area (Å²) in [6, 6.07) is 3.40. The van der Waals surface area contributed by atoms with E-state index in [0.717, 1.165) is 5.39 Å². The third-order valence-electron chi connectivity index (χ3n) is 1.70. The number of fused-ring (bicyclic) bond motifs is 1. The molecular formula is C9H5ClN2O. The third kappa shape index (κ3) is 1.38. The van der Waals surface area contributed by atoms with Gasteiger partial charge in [0.1, 0.15) is 5.69 Å². The van der Waals surface area contributed by atoms with Crippen LogP contribution < -0.4 is 0 Å². The first-order valence-corrected chi connectivity index (χ1v) is 4.04. The number of aldehydes is 1. The Bertz CT molecular complexity index is 470. The molecule has 3 nitrogen and oxygen atoms in total. The Labute approximate surface area is 79.4 Å². The van der Waals surface area contributed by atoms with Gasteiger partial charge in [-0.2, -0.15) is 0 Å². The molecular weight excluding hydrogens is 188 g/mol. The van der Waals surface area contributed by atoms with E-state index in [1.165, 1.54) is 6.20 Å². The fourth-order valence-electron chi connectivity index (χ4n) is 1.09. The number of nitrogens with zero attached hydrogens (tertiary/aromatic N) is 2. The Hall–Kier alpha value is -1.48. The van der Waals surface area contributed by atoms with Gasteiger partial charge in [0.25, 0.3) is 0 Å². The lowest BCUT2D eigenvalue weighted by Crippen LogP contribution is -1.88. The fourth-order valence-corrected chi connectivity index (χ4v) is 1.30. The van der Waals surface area contributed by atoms with Crippen LogP contribution in [-0.2, 0) is 0 Å². The number of aromatic nitrogens is 2. The standard InChI is InChI=1S/C9H5ClN2O/c10-8-4-11-3-6-1-2-7(5-13)12-9(6)8/h1-5H. The molecule has 0 saturated carbocycles. The van der Waals surface area contributed by atoms with E-state index >= 15 is 0 Å². The minimum Gasteiger partial charge on any atom is -0.296 e. The molecule has 0 atom stereocenters. The van der Waals surface area contributed by atoms with Gasteiger partial charge in [-0.1, -0.05) is 11.6 Å². The summed E-state index contributed by atoms with van der Waals surface area (Å²) in [6.45, 7) is 0. The van der Waals surface area contributed by atoms with Crippen molar-refractivity contribution < 1.29 is 4.79 Å². The van der Waals surface area contributed by atoms with Gasteiger partial charge in [-0.15, -0.1) is 0 Å². The quantitative estimate of drug-likeness (QED) is 0.650. The van der Waals surface area contributed by atoms with Crippen molar-refractivity contribution in [3.05, 3.63) is 35.2 Å². The second kappa shape index (κ2) is 3.11. The molecule has 0 spiro atoms. The van der Waals surface area contributed by atoms with Crippen molar-refractivity contribution in [2.24, 2.45) is 0 Å². The van der Waals surface area contributed by atoms with E-state index in [-0.39, 0.29) is 0 Å². The van der Waals surface area contributed by atoms with Crippen LogP contribution in [0.1, 0.15) is 10.5 Å². The van der Waals surface area contributed by atoms with Gasteiger partial charge in [0.05, 0.1) is 10.5 Å². The second-order valence-corrected chi connectivity index (χ2v) is 2.95. The summed E-state index contributed by atoms with van der Waals surface area (Å²) in [6.07, 6.45) is 3.85. The van der Waals surface area contributed by atoms with Crippen LogP contribution in [0, 0.1) is 0 Å². The van der Waals surface area contributed by atoms with Crippen LogP contribution in [0.4, 0.5) is 0 Å². The van der Waals surface area contributed by atoms with Crippen LogP contribution in [0.5, 0.6) is 0 Å². The fraction of sp³-hybridized carbons (Fsp3) is 0. The molecule has 2 aromatic heterocycles. The monoisotopic (exact) mass is 192 g/mol. The molecule has 0 bridgehead atoms. The molecule has 4 heteroatoms. The maximum Gasteiger partial charge on any atom is 0.168 e. The summed E-state index contributed by atoms with van der Waals surface area (Å²) in [5.74, 6) is 0. The van der Waals surface area contributed by atoms with Crippen molar-refractivity contribution in [3.63, 3.8) is 0 Å². The Kier molecular flexibility index (Phi) is 1.94. The summed E-state index contributed by atoms with van der Waals surface area (Å²) in [7, 11) is 0. The molecule has 0 aromatic carbocycles. The van der Waals surface area contributed by atoms with E-state index in [0.29, 0.717) is 22.5 Å². The average Bonchev–Trinajstić information content (AvgIpc) is 2.18. The molecule has 0 saturated heterocycles. The topological polar surface area (TPSA) is 42.9 Å². The molecule has 0 aliphatic heterocycles. The lowest BCUT2D eigenvalue weighted by Gasteiger charge is -1.98. The van der Waals surface area contributed by atoms with Crippen LogP contribution in [0.2, 0.25) is 5.02 Å². The van der Waals surface area contributed by atoms with Crippen LogP contribution in [0.3, 0.4) is 0 Å². The van der Waals surface area contributed by atoms with Crippen LogP contribution in [0.25, 0.3) is 10.9 Å². The van der Waals surface area contributed by atoms with Gasteiger partial charge < -0.3 is 0 Å². The molecule has 13 heavy (non-hydrogen) atoms. The van der Waals surface area contributed by atoms with E-state index < -0.39 is 0 Å². The number of rotatable bonds is 1. The first-order chi connectivity index (χ1) is 6.31. The van der Waals surface area contributed by atoms with Gasteiger partial charge in [0.2, 0.25) is 0 Å². The minimum absolute atomic E-state index is 0.376. The zero-order chi connectivity index (χ0) is 9.26. The normalized spacial score (nSPS) is 10.2. The molecule has 2 rings (SSSR count). The highest BCUT2D eigenvalue weighted by molar-refractivity contribution is 6.34. The summed E-state index contributed by atoms with van der Waals surface area (Å²) in [4.78, 5) is 18.4. The molecule has 0 unspecified atom stereocenters. The van der Waals surface area contributed by atoms with Gasteiger partial charge in [-0.3, -0.25) is 9.78 Å². The van der Waals surface area contributed by atoms with E-state index in [1.54, 1.807) is 18.3 Å². The first-order valence-electron chi connectivity index (χ1n) is 3.67. The Morgan fingerprint density at radius 3 is 2.92 bits per heavy atom. The summed E-state index contributed by atoms with van der Waals surface area (Å²) >= 11 is 5.85. The first kappa shape index (κ1) is 8.13. The summed E-state index contributed by atoms with van der Waals surface area (Å²) in [5, 5.41) is 1.29. The van der Waals surface area contributed by atoms with Crippen molar-refractivity contribution in [2.45, 2.75) is 0 Å².